The van der Waals surface area contributed by atoms with Crippen molar-refractivity contribution in [3.63, 3.8) is 0 Å². The van der Waals surface area contributed by atoms with Gasteiger partial charge in [0.25, 0.3) is 0 Å². The first-order valence-corrected chi connectivity index (χ1v) is 6.43. The van der Waals surface area contributed by atoms with Crippen molar-refractivity contribution in [2.24, 2.45) is 4.99 Å². The van der Waals surface area contributed by atoms with Crippen molar-refractivity contribution in [3.8, 4) is 0 Å². The molecule has 0 aromatic heterocycles. The molecule has 1 aliphatic carbocycles. The first-order chi connectivity index (χ1) is 7.33. The maximum absolute atomic E-state index is 4.69. The molecule has 1 aromatic rings. The Kier molecular flexibility index (Phi) is 3.57. The van der Waals surface area contributed by atoms with Crippen LogP contribution in [0.2, 0.25) is 0 Å². The minimum Gasteiger partial charge on any atom is -0.289 e. The number of fused-ring (bicyclic) bond motifs is 1. The van der Waals surface area contributed by atoms with Gasteiger partial charge in [-0.1, -0.05) is 41.4 Å². The van der Waals surface area contributed by atoms with Gasteiger partial charge in [0.2, 0.25) is 0 Å². The van der Waals surface area contributed by atoms with E-state index in [1.165, 1.54) is 34.2 Å². The molecular formula is C13H16BrN. The van der Waals surface area contributed by atoms with Crippen LogP contribution in [-0.2, 0) is 6.42 Å². The highest BCUT2D eigenvalue weighted by Crippen LogP contribution is 2.29. The molecule has 0 bridgehead atoms. The lowest BCUT2D eigenvalue weighted by Crippen LogP contribution is -1.96. The highest BCUT2D eigenvalue weighted by atomic mass is 79.9. The fourth-order valence-electron chi connectivity index (χ4n) is 2.00. The number of aliphatic imine (C=N–C) groups is 1. The summed E-state index contributed by atoms with van der Waals surface area (Å²) in [6, 6.07) is 6.41. The third kappa shape index (κ3) is 2.31. The van der Waals surface area contributed by atoms with E-state index in [1.807, 2.05) is 0 Å². The Morgan fingerprint density at radius 2 is 2.20 bits per heavy atom. The lowest BCUT2D eigenvalue weighted by molar-refractivity contribution is 0.806. The molecule has 0 unspecified atom stereocenters. The van der Waals surface area contributed by atoms with Crippen LogP contribution in [-0.4, -0.2) is 12.3 Å². The molecule has 0 N–H and O–H groups in total. The van der Waals surface area contributed by atoms with Crippen LogP contribution in [0.15, 0.2) is 27.7 Å². The summed E-state index contributed by atoms with van der Waals surface area (Å²) in [6.07, 6.45) is 4.68. The Hall–Kier alpha value is -0.630. The molecule has 0 fully saturated rings. The number of hydrogen-bond donors (Lipinski definition) is 0. The van der Waals surface area contributed by atoms with Gasteiger partial charge in [-0.25, -0.2) is 0 Å². The normalized spacial score (nSPS) is 17.1. The van der Waals surface area contributed by atoms with Crippen LogP contribution in [0, 0.1) is 0 Å². The van der Waals surface area contributed by atoms with Gasteiger partial charge in [0.1, 0.15) is 0 Å². The number of hydrogen-bond acceptors (Lipinski definition) is 1. The summed E-state index contributed by atoms with van der Waals surface area (Å²) in [6.45, 7) is 3.19. The topological polar surface area (TPSA) is 12.4 Å². The fourth-order valence-corrected chi connectivity index (χ4v) is 2.56. The van der Waals surface area contributed by atoms with E-state index in [0.29, 0.717) is 0 Å². The molecule has 0 saturated carbocycles. The van der Waals surface area contributed by atoms with Crippen molar-refractivity contribution in [3.05, 3.63) is 33.8 Å². The number of rotatable bonds is 3. The molecule has 2 heteroatoms. The van der Waals surface area contributed by atoms with E-state index in [4.69, 9.17) is 4.99 Å². The summed E-state index contributed by atoms with van der Waals surface area (Å²) in [7, 11) is 0. The van der Waals surface area contributed by atoms with Gasteiger partial charge >= 0.3 is 0 Å². The number of benzene rings is 1. The second-order valence-corrected chi connectivity index (χ2v) is 4.80. The molecular weight excluding hydrogens is 250 g/mol. The van der Waals surface area contributed by atoms with E-state index >= 15 is 0 Å². The van der Waals surface area contributed by atoms with Crippen molar-refractivity contribution in [1.82, 2.24) is 0 Å². The van der Waals surface area contributed by atoms with E-state index in [2.05, 4.69) is 41.1 Å². The summed E-state index contributed by atoms with van der Waals surface area (Å²) in [5, 5.41) is 0. The van der Waals surface area contributed by atoms with Crippen molar-refractivity contribution >= 4 is 21.6 Å². The molecule has 2 rings (SSSR count). The van der Waals surface area contributed by atoms with Gasteiger partial charge in [-0.05, 0) is 36.5 Å². The van der Waals surface area contributed by atoms with E-state index in [0.717, 1.165) is 19.4 Å². The van der Waals surface area contributed by atoms with E-state index in [9.17, 15) is 0 Å². The molecule has 0 saturated heterocycles. The summed E-state index contributed by atoms with van der Waals surface area (Å²) in [5.41, 5.74) is 4.10. The zero-order valence-electron chi connectivity index (χ0n) is 9.09. The highest BCUT2D eigenvalue weighted by molar-refractivity contribution is 9.10. The van der Waals surface area contributed by atoms with Gasteiger partial charge in [0.05, 0.1) is 0 Å². The Morgan fingerprint density at radius 3 is 3.00 bits per heavy atom. The van der Waals surface area contributed by atoms with Crippen LogP contribution in [0.25, 0.3) is 0 Å². The van der Waals surface area contributed by atoms with Crippen molar-refractivity contribution < 1.29 is 0 Å². The molecule has 1 nitrogen and oxygen atoms in total. The molecule has 0 atom stereocenters. The Bertz CT molecular complexity index is 382. The van der Waals surface area contributed by atoms with Crippen molar-refractivity contribution in [2.45, 2.75) is 32.6 Å². The Balaban J connectivity index is 2.21. The predicted octanol–water partition coefficient (Wildman–Crippen LogP) is 3.98. The third-order valence-corrected chi connectivity index (χ3v) is 3.60. The molecule has 0 heterocycles. The Morgan fingerprint density at radius 1 is 1.33 bits per heavy atom. The number of unbranched alkanes of at least 4 members (excludes halogenated alkanes) is 1. The van der Waals surface area contributed by atoms with Crippen LogP contribution >= 0.6 is 15.9 Å². The number of nitrogens with zero attached hydrogens (tertiary/aromatic N) is 1. The van der Waals surface area contributed by atoms with Gasteiger partial charge in [-0.2, -0.15) is 0 Å². The molecule has 15 heavy (non-hydrogen) atoms. The molecule has 80 valence electrons. The fraction of sp³-hybridized carbons (Fsp3) is 0.462. The number of halogens is 1. The SMILES string of the molecule is CCCC/N=C1\CCc2c(Br)cccc21. The van der Waals surface area contributed by atoms with Crippen LogP contribution in [0.1, 0.15) is 37.3 Å². The maximum Gasteiger partial charge on any atom is 0.0427 e. The molecule has 1 aliphatic rings. The lowest BCUT2D eigenvalue weighted by Gasteiger charge is -2.01. The first-order valence-electron chi connectivity index (χ1n) is 5.64. The van der Waals surface area contributed by atoms with Gasteiger partial charge in [0, 0.05) is 16.7 Å². The average molecular weight is 266 g/mol. The largest absolute Gasteiger partial charge is 0.289 e. The summed E-state index contributed by atoms with van der Waals surface area (Å²) >= 11 is 3.60. The summed E-state index contributed by atoms with van der Waals surface area (Å²) < 4.78 is 1.24. The second kappa shape index (κ2) is 4.93. The van der Waals surface area contributed by atoms with E-state index in [1.54, 1.807) is 0 Å². The maximum atomic E-state index is 4.69. The highest BCUT2D eigenvalue weighted by Gasteiger charge is 2.18. The first kappa shape index (κ1) is 10.9. The molecule has 0 radical (unpaired) electrons. The molecule has 0 spiro atoms. The zero-order valence-corrected chi connectivity index (χ0v) is 10.7. The van der Waals surface area contributed by atoms with Crippen LogP contribution in [0.3, 0.4) is 0 Å². The zero-order chi connectivity index (χ0) is 10.7. The average Bonchev–Trinajstić information content (AvgIpc) is 2.64. The van der Waals surface area contributed by atoms with Crippen LogP contribution in [0.5, 0.6) is 0 Å². The van der Waals surface area contributed by atoms with Gasteiger partial charge in [0.15, 0.2) is 0 Å². The smallest absolute Gasteiger partial charge is 0.0427 e. The third-order valence-electron chi connectivity index (χ3n) is 2.86. The summed E-state index contributed by atoms with van der Waals surface area (Å²) in [5.74, 6) is 0. The molecule has 0 amide bonds. The summed E-state index contributed by atoms with van der Waals surface area (Å²) in [4.78, 5) is 4.69. The van der Waals surface area contributed by atoms with Gasteiger partial charge in [-0.15, -0.1) is 0 Å². The van der Waals surface area contributed by atoms with E-state index < -0.39 is 0 Å². The monoisotopic (exact) mass is 265 g/mol. The van der Waals surface area contributed by atoms with Crippen LogP contribution < -0.4 is 0 Å². The van der Waals surface area contributed by atoms with Crippen molar-refractivity contribution in [1.29, 1.82) is 0 Å². The second-order valence-electron chi connectivity index (χ2n) is 3.95. The quantitative estimate of drug-likeness (QED) is 0.734. The minimum atomic E-state index is 0.984. The Labute approximate surface area is 99.7 Å². The van der Waals surface area contributed by atoms with Gasteiger partial charge < -0.3 is 0 Å². The lowest BCUT2D eigenvalue weighted by atomic mass is 10.1. The molecule has 0 aliphatic heterocycles. The van der Waals surface area contributed by atoms with Gasteiger partial charge in [-0.3, -0.25) is 4.99 Å². The van der Waals surface area contributed by atoms with Crippen molar-refractivity contribution in [2.75, 3.05) is 6.54 Å². The predicted molar refractivity (Wildman–Crippen MR) is 68.8 cm³/mol. The van der Waals surface area contributed by atoms with Crippen LogP contribution in [0.4, 0.5) is 0 Å². The standard InChI is InChI=1S/C13H16BrN/c1-2-3-9-15-13-8-7-10-11(13)5-4-6-12(10)14/h4-6H,2-3,7-9H2,1H3/b15-13+. The van der Waals surface area contributed by atoms with E-state index in [-0.39, 0.29) is 0 Å². The minimum absolute atomic E-state index is 0.984. The molecule has 1 aromatic carbocycles.